The van der Waals surface area contributed by atoms with Crippen LogP contribution in [-0.2, 0) is 6.54 Å². The molecule has 2 aromatic carbocycles. The highest BCUT2D eigenvalue weighted by molar-refractivity contribution is 7.22. The molecule has 44 heavy (non-hydrogen) atoms. The SMILES string of the molecule is CNCC#Cc1ccc(OC/C(C)=C/c2sc(NCc3cc(C)c(Nc4nc5ccccc5s4)nn3)nc2C(=O)O)c(F)c1. The number of halogens is 1. The molecule has 13 heteroatoms. The molecule has 0 aliphatic rings. The number of hydrogen-bond donors (Lipinski definition) is 4. The molecule has 5 aromatic rings. The van der Waals surface area contributed by atoms with Gasteiger partial charge in [-0.2, -0.15) is 5.10 Å². The zero-order valence-electron chi connectivity index (χ0n) is 24.1. The minimum absolute atomic E-state index is 0.0632. The molecule has 5 rings (SSSR count). The first-order chi connectivity index (χ1) is 21.3. The normalized spacial score (nSPS) is 11.2. The van der Waals surface area contributed by atoms with Gasteiger partial charge in [0.2, 0.25) is 0 Å². The van der Waals surface area contributed by atoms with Crippen molar-refractivity contribution in [3.8, 4) is 17.6 Å². The van der Waals surface area contributed by atoms with Gasteiger partial charge in [-0.3, -0.25) is 0 Å². The highest BCUT2D eigenvalue weighted by Gasteiger charge is 2.17. The van der Waals surface area contributed by atoms with Gasteiger partial charge in [0.25, 0.3) is 0 Å². The molecule has 10 nitrogen and oxygen atoms in total. The van der Waals surface area contributed by atoms with E-state index in [0.29, 0.717) is 45.7 Å². The number of nitrogens with one attached hydrogen (secondary N) is 3. The summed E-state index contributed by atoms with van der Waals surface area (Å²) in [6.07, 6.45) is 1.67. The van der Waals surface area contributed by atoms with Crippen LogP contribution in [0.1, 0.15) is 39.1 Å². The van der Waals surface area contributed by atoms with E-state index in [4.69, 9.17) is 4.74 Å². The molecular weight excluding hydrogens is 602 g/mol. The first-order valence-corrected chi connectivity index (χ1v) is 15.1. The second-order valence-corrected chi connectivity index (χ2v) is 11.7. The van der Waals surface area contributed by atoms with E-state index in [1.165, 1.54) is 34.8 Å². The number of thiazole rings is 2. The van der Waals surface area contributed by atoms with Crippen LogP contribution in [0.3, 0.4) is 0 Å². The van der Waals surface area contributed by atoms with Crippen LogP contribution in [0, 0.1) is 24.6 Å². The number of para-hydroxylation sites is 1. The van der Waals surface area contributed by atoms with Crippen LogP contribution in [-0.4, -0.2) is 51.4 Å². The first-order valence-electron chi connectivity index (χ1n) is 13.5. The van der Waals surface area contributed by atoms with Gasteiger partial charge in [0, 0.05) is 5.56 Å². The number of anilines is 3. The number of aromatic nitrogens is 4. The van der Waals surface area contributed by atoms with Crippen molar-refractivity contribution in [1.29, 1.82) is 0 Å². The molecule has 0 spiro atoms. The van der Waals surface area contributed by atoms with Crippen molar-refractivity contribution in [3.05, 3.63) is 87.3 Å². The van der Waals surface area contributed by atoms with Gasteiger partial charge in [-0.1, -0.05) is 46.6 Å². The summed E-state index contributed by atoms with van der Waals surface area (Å²) >= 11 is 2.72. The maximum absolute atomic E-state index is 14.5. The molecule has 0 aliphatic carbocycles. The Morgan fingerprint density at radius 2 is 1.95 bits per heavy atom. The van der Waals surface area contributed by atoms with Crippen molar-refractivity contribution < 1.29 is 19.0 Å². The fourth-order valence-electron chi connectivity index (χ4n) is 3.99. The predicted octanol–water partition coefficient (Wildman–Crippen LogP) is 6.10. The summed E-state index contributed by atoms with van der Waals surface area (Å²) < 4.78 is 21.2. The Balaban J connectivity index is 1.21. The van der Waals surface area contributed by atoms with Crippen molar-refractivity contribution in [3.63, 3.8) is 0 Å². The second kappa shape index (κ2) is 14.0. The minimum atomic E-state index is -1.16. The maximum Gasteiger partial charge on any atom is 0.356 e. The molecule has 0 aliphatic heterocycles. The summed E-state index contributed by atoms with van der Waals surface area (Å²) in [6, 6.07) is 14.3. The molecule has 0 radical (unpaired) electrons. The molecule has 0 fully saturated rings. The van der Waals surface area contributed by atoms with Crippen LogP contribution < -0.4 is 20.7 Å². The molecule has 0 saturated carbocycles. The molecule has 0 bridgehead atoms. The molecule has 0 atom stereocenters. The third-order valence-corrected chi connectivity index (χ3v) is 8.01. The number of nitrogens with zero attached hydrogens (tertiary/aromatic N) is 4. The fourth-order valence-corrected chi connectivity index (χ4v) is 5.83. The third-order valence-electron chi connectivity index (χ3n) is 6.09. The summed E-state index contributed by atoms with van der Waals surface area (Å²) in [4.78, 5) is 21.1. The van der Waals surface area contributed by atoms with E-state index >= 15 is 0 Å². The van der Waals surface area contributed by atoms with Crippen LogP contribution >= 0.6 is 22.7 Å². The van der Waals surface area contributed by atoms with E-state index in [2.05, 4.69) is 48.0 Å². The summed E-state index contributed by atoms with van der Waals surface area (Å²) in [6.45, 7) is 4.56. The Labute approximate surface area is 261 Å². The second-order valence-electron chi connectivity index (χ2n) is 9.63. The average molecular weight is 630 g/mol. The van der Waals surface area contributed by atoms with Crippen LogP contribution in [0.25, 0.3) is 16.3 Å². The Morgan fingerprint density at radius 3 is 2.70 bits per heavy atom. The number of rotatable bonds is 11. The highest BCUT2D eigenvalue weighted by Crippen LogP contribution is 2.29. The van der Waals surface area contributed by atoms with E-state index < -0.39 is 11.8 Å². The lowest BCUT2D eigenvalue weighted by molar-refractivity contribution is 0.0691. The largest absolute Gasteiger partial charge is 0.486 e. The lowest BCUT2D eigenvalue weighted by atomic mass is 10.2. The van der Waals surface area contributed by atoms with Crippen molar-refractivity contribution in [2.45, 2.75) is 20.4 Å². The number of hydrogen-bond acceptors (Lipinski definition) is 11. The average Bonchev–Trinajstić information content (AvgIpc) is 3.60. The van der Waals surface area contributed by atoms with Crippen LogP contribution in [0.5, 0.6) is 5.75 Å². The van der Waals surface area contributed by atoms with Crippen molar-refractivity contribution >= 4 is 61.0 Å². The lowest BCUT2D eigenvalue weighted by Crippen LogP contribution is -2.06. The topological polar surface area (TPSA) is 134 Å². The van der Waals surface area contributed by atoms with E-state index in [9.17, 15) is 14.3 Å². The molecule has 3 aromatic heterocycles. The fraction of sp³-hybridized carbons (Fsp3) is 0.194. The first kappa shape index (κ1) is 30.6. The number of carbonyl (C=O) groups is 1. The van der Waals surface area contributed by atoms with Gasteiger partial charge >= 0.3 is 5.97 Å². The maximum atomic E-state index is 14.5. The van der Waals surface area contributed by atoms with Crippen molar-refractivity contribution in [1.82, 2.24) is 25.5 Å². The van der Waals surface area contributed by atoms with E-state index in [1.807, 2.05) is 37.3 Å². The smallest absolute Gasteiger partial charge is 0.356 e. The zero-order chi connectivity index (χ0) is 31.1. The molecule has 224 valence electrons. The molecule has 0 saturated heterocycles. The van der Waals surface area contributed by atoms with Crippen molar-refractivity contribution in [2.75, 3.05) is 30.8 Å². The van der Waals surface area contributed by atoms with Gasteiger partial charge in [-0.25, -0.2) is 19.2 Å². The number of aromatic carboxylic acids is 1. The standard InChI is InChI=1S/C31H28FN7O3S2/c1-18(17-42-24-11-10-20(15-22(24)32)7-6-12-33-3)13-26-27(29(40)41)36-30(44-26)34-16-21-14-19(2)28(39-38-21)37-31-35-23-8-4-5-9-25(23)43-31/h4-5,8-11,13-15,33H,12,16-17H2,1-3H3,(H,34,36)(H,40,41)(H,35,37,39)/b18-13+. The number of carboxylic acids is 1. The summed E-state index contributed by atoms with van der Waals surface area (Å²) in [7, 11) is 1.78. The van der Waals surface area contributed by atoms with Gasteiger partial charge in [-0.15, -0.1) is 5.10 Å². The number of aryl methyl sites for hydroxylation is 1. The Hall–Kier alpha value is -4.90. The minimum Gasteiger partial charge on any atom is -0.486 e. The Kier molecular flexibility index (Phi) is 9.75. The number of ether oxygens (including phenoxy) is 1. The molecule has 0 unspecified atom stereocenters. The van der Waals surface area contributed by atoms with Gasteiger partial charge in [0.05, 0.1) is 33.9 Å². The predicted molar refractivity (Wildman–Crippen MR) is 172 cm³/mol. The van der Waals surface area contributed by atoms with Gasteiger partial charge < -0.3 is 25.8 Å². The van der Waals surface area contributed by atoms with E-state index in [1.54, 1.807) is 26.1 Å². The lowest BCUT2D eigenvalue weighted by Gasteiger charge is -2.08. The van der Waals surface area contributed by atoms with Crippen LogP contribution in [0.15, 0.2) is 54.1 Å². The molecule has 4 N–H and O–H groups in total. The van der Waals surface area contributed by atoms with Crippen LogP contribution in [0.4, 0.5) is 20.5 Å². The third kappa shape index (κ3) is 7.73. The van der Waals surface area contributed by atoms with Crippen molar-refractivity contribution in [2.24, 2.45) is 0 Å². The summed E-state index contributed by atoms with van der Waals surface area (Å²) in [5.74, 6) is 4.76. The quantitative estimate of drug-likeness (QED) is 0.127. The Morgan fingerprint density at radius 1 is 1.11 bits per heavy atom. The molecule has 0 amide bonds. The van der Waals surface area contributed by atoms with E-state index in [0.717, 1.165) is 20.9 Å². The monoisotopic (exact) mass is 629 g/mol. The number of carboxylic acid groups (broad SMARTS) is 1. The molecule has 3 heterocycles. The van der Waals surface area contributed by atoms with Gasteiger partial charge in [-0.05, 0) is 74.5 Å². The Bertz CT molecular complexity index is 1880. The van der Waals surface area contributed by atoms with Gasteiger partial charge in [0.15, 0.2) is 33.3 Å². The summed E-state index contributed by atoms with van der Waals surface area (Å²) in [5, 5.41) is 28.7. The molecular formula is C31H28FN7O3S2. The zero-order valence-corrected chi connectivity index (χ0v) is 25.7. The van der Waals surface area contributed by atoms with Gasteiger partial charge in [0.1, 0.15) is 6.61 Å². The highest BCUT2D eigenvalue weighted by atomic mass is 32.1. The van der Waals surface area contributed by atoms with E-state index in [-0.39, 0.29) is 18.1 Å². The summed E-state index contributed by atoms with van der Waals surface area (Å²) in [5.41, 5.74) is 3.60. The van der Waals surface area contributed by atoms with Crippen LogP contribution in [0.2, 0.25) is 0 Å². The number of fused-ring (bicyclic) bond motifs is 1. The number of benzene rings is 2.